The van der Waals surface area contributed by atoms with E-state index in [0.717, 1.165) is 35.9 Å². The van der Waals surface area contributed by atoms with Crippen LogP contribution in [-0.2, 0) is 24.4 Å². The summed E-state index contributed by atoms with van der Waals surface area (Å²) in [6.07, 6.45) is 0.729. The summed E-state index contributed by atoms with van der Waals surface area (Å²) in [4.78, 5) is 17.8. The van der Waals surface area contributed by atoms with Gasteiger partial charge in [0.1, 0.15) is 17.7 Å². The molecular formula is C23H33F2N5O2. The Bertz CT molecular complexity index is 933. The Morgan fingerprint density at radius 2 is 2.06 bits per heavy atom. The van der Waals surface area contributed by atoms with Crippen molar-refractivity contribution in [2.24, 2.45) is 5.73 Å². The van der Waals surface area contributed by atoms with Crippen molar-refractivity contribution < 1.29 is 18.3 Å². The van der Waals surface area contributed by atoms with E-state index in [0.29, 0.717) is 44.5 Å². The van der Waals surface area contributed by atoms with Crippen LogP contribution in [0.4, 0.5) is 8.78 Å². The Balaban J connectivity index is 0.000000523. The van der Waals surface area contributed by atoms with Gasteiger partial charge in [0.05, 0.1) is 18.0 Å². The summed E-state index contributed by atoms with van der Waals surface area (Å²) < 4.78 is 35.3. The van der Waals surface area contributed by atoms with E-state index in [1.807, 2.05) is 18.5 Å². The number of carbonyl (C=O) groups excluding carboxylic acids is 1. The first-order chi connectivity index (χ1) is 15.3. The first-order valence-corrected chi connectivity index (χ1v) is 11.1. The predicted molar refractivity (Wildman–Crippen MR) is 118 cm³/mol. The van der Waals surface area contributed by atoms with Gasteiger partial charge in [0.25, 0.3) is 0 Å². The third-order valence-corrected chi connectivity index (χ3v) is 6.07. The topological polar surface area (TPSA) is 85.4 Å². The third kappa shape index (κ3) is 5.23. The molecular weight excluding hydrogens is 416 g/mol. The van der Waals surface area contributed by atoms with E-state index >= 15 is 0 Å². The molecule has 0 amide bonds. The maximum Gasteiger partial charge on any atom is 0.185 e. The average molecular weight is 450 g/mol. The molecule has 32 heavy (non-hydrogen) atoms. The lowest BCUT2D eigenvalue weighted by molar-refractivity contribution is -0.0535. The summed E-state index contributed by atoms with van der Waals surface area (Å²) in [7, 11) is 1.95. The number of hydrogen-bond acceptors (Lipinski definition) is 6. The maximum atomic E-state index is 14.1. The molecule has 4 rings (SSSR count). The maximum absolute atomic E-state index is 14.1. The Kier molecular flexibility index (Phi) is 8.10. The van der Waals surface area contributed by atoms with Gasteiger partial charge < -0.3 is 20.4 Å². The van der Waals surface area contributed by atoms with E-state index in [1.54, 1.807) is 0 Å². The van der Waals surface area contributed by atoms with Crippen molar-refractivity contribution in [1.29, 1.82) is 0 Å². The predicted octanol–water partition coefficient (Wildman–Crippen LogP) is 2.78. The van der Waals surface area contributed by atoms with Crippen LogP contribution >= 0.6 is 0 Å². The lowest BCUT2D eigenvalue weighted by atomic mass is 9.93. The number of aldehydes is 1. The third-order valence-electron chi connectivity index (χ3n) is 6.07. The molecule has 9 heteroatoms. The number of aromatic nitrogens is 2. The van der Waals surface area contributed by atoms with Crippen LogP contribution < -0.4 is 11.1 Å². The molecule has 1 aromatic heterocycles. The number of benzene rings is 1. The minimum absolute atomic E-state index is 0.0621. The van der Waals surface area contributed by atoms with Gasteiger partial charge in [-0.15, -0.1) is 0 Å². The molecule has 0 bridgehead atoms. The largest absolute Gasteiger partial charge is 0.370 e. The highest BCUT2D eigenvalue weighted by Crippen LogP contribution is 2.34. The van der Waals surface area contributed by atoms with Crippen molar-refractivity contribution in [2.45, 2.75) is 71.1 Å². The van der Waals surface area contributed by atoms with Crippen LogP contribution in [-0.4, -0.2) is 52.5 Å². The molecule has 1 fully saturated rings. The van der Waals surface area contributed by atoms with Gasteiger partial charge in [-0.05, 0) is 38.6 Å². The zero-order valence-electron chi connectivity index (χ0n) is 19.1. The molecule has 2 unspecified atom stereocenters. The lowest BCUT2D eigenvalue weighted by Gasteiger charge is -2.38. The molecule has 7 nitrogen and oxygen atoms in total. The number of nitrogens with zero attached hydrogens (tertiary/aromatic N) is 3. The molecule has 2 aliphatic heterocycles. The van der Waals surface area contributed by atoms with Crippen molar-refractivity contribution in [2.75, 3.05) is 13.7 Å². The normalized spacial score (nSPS) is 23.1. The molecule has 3 heterocycles. The first kappa shape index (κ1) is 24.4. The molecule has 0 radical (unpaired) electrons. The molecule has 2 aromatic rings. The van der Waals surface area contributed by atoms with Crippen LogP contribution in [0.5, 0.6) is 0 Å². The number of hydrogen-bond donors (Lipinski definition) is 2. The van der Waals surface area contributed by atoms with E-state index < -0.39 is 23.8 Å². The second kappa shape index (κ2) is 10.6. The number of carbonyl (C=O) groups is 1. The molecule has 176 valence electrons. The fourth-order valence-electron chi connectivity index (χ4n) is 4.15. The smallest absolute Gasteiger partial charge is 0.185 e. The molecule has 1 aromatic carbocycles. The van der Waals surface area contributed by atoms with Gasteiger partial charge in [-0.2, -0.15) is 0 Å². The highest BCUT2D eigenvalue weighted by atomic mass is 19.1. The Morgan fingerprint density at radius 1 is 1.34 bits per heavy atom. The Hall–Kier alpha value is -2.20. The number of imidazole rings is 1. The van der Waals surface area contributed by atoms with Gasteiger partial charge in [-0.25, -0.2) is 13.8 Å². The van der Waals surface area contributed by atoms with E-state index in [-0.39, 0.29) is 11.6 Å². The molecule has 0 spiro atoms. The number of nitrogens with one attached hydrogen (secondary N) is 1. The quantitative estimate of drug-likeness (QED) is 0.683. The summed E-state index contributed by atoms with van der Waals surface area (Å²) >= 11 is 0. The highest BCUT2D eigenvalue weighted by molar-refractivity contribution is 5.70. The number of fused-ring (bicyclic) bond motifs is 1. The molecule has 0 aliphatic carbocycles. The van der Waals surface area contributed by atoms with Gasteiger partial charge in [-0.3, -0.25) is 9.69 Å². The van der Waals surface area contributed by atoms with Crippen LogP contribution in [0.3, 0.4) is 0 Å². The van der Waals surface area contributed by atoms with Crippen LogP contribution in [0.25, 0.3) is 0 Å². The fourth-order valence-corrected chi connectivity index (χ4v) is 4.15. The van der Waals surface area contributed by atoms with E-state index in [9.17, 15) is 13.6 Å². The van der Waals surface area contributed by atoms with Crippen molar-refractivity contribution >= 4 is 6.29 Å². The summed E-state index contributed by atoms with van der Waals surface area (Å²) in [5, 5.41) is 3.03. The van der Waals surface area contributed by atoms with Crippen molar-refractivity contribution in [1.82, 2.24) is 19.8 Å². The summed E-state index contributed by atoms with van der Waals surface area (Å²) in [5.74, 6) is -0.556. The molecule has 1 saturated heterocycles. The number of rotatable bonds is 5. The second-order valence-electron chi connectivity index (χ2n) is 8.55. The fraction of sp³-hybridized carbons (Fsp3) is 0.565. The molecule has 3 N–H and O–H groups in total. The van der Waals surface area contributed by atoms with Gasteiger partial charge in [0.15, 0.2) is 12.1 Å². The zero-order valence-corrected chi connectivity index (χ0v) is 19.1. The summed E-state index contributed by atoms with van der Waals surface area (Å²) in [6.45, 7) is 8.57. The Labute approximate surface area is 187 Å². The van der Waals surface area contributed by atoms with Gasteiger partial charge in [0, 0.05) is 43.3 Å². The van der Waals surface area contributed by atoms with Crippen molar-refractivity contribution in [3.05, 3.63) is 52.6 Å². The second-order valence-corrected chi connectivity index (χ2v) is 8.55. The first-order valence-electron chi connectivity index (χ1n) is 11.1. The van der Waals surface area contributed by atoms with E-state index in [1.165, 1.54) is 0 Å². The van der Waals surface area contributed by atoms with Gasteiger partial charge >= 0.3 is 0 Å². The van der Waals surface area contributed by atoms with E-state index in [2.05, 4.69) is 29.0 Å². The van der Waals surface area contributed by atoms with Crippen molar-refractivity contribution in [3.8, 4) is 0 Å². The standard InChI is InChI=1S/C19H22F2N4O2.C4H11N/c1-2-25-17-8-24(7-16(17)23-18(25)9-26)12-6-15(22)19(27-10-12)13-5-11(20)3-4-14(13)21;1-4(2)5-3/h3-5,9,12,15,19H,2,6-8,10,22H2,1H3;4-5H,1-3H3/t12?,15?,19-;/m1./s1. The monoisotopic (exact) mass is 449 g/mol. The SMILES string of the molecule is CCn1c(C=O)nc2c1CN(C1CO[C@H](c3cc(F)ccc3F)C(N)C1)C2.CNC(C)C. The highest BCUT2D eigenvalue weighted by Gasteiger charge is 2.37. The Morgan fingerprint density at radius 3 is 2.66 bits per heavy atom. The zero-order chi connectivity index (χ0) is 23.4. The van der Waals surface area contributed by atoms with Gasteiger partial charge in [-0.1, -0.05) is 13.8 Å². The number of ether oxygens (including phenoxy) is 1. The molecule has 2 aliphatic rings. The summed E-state index contributed by atoms with van der Waals surface area (Å²) in [5.41, 5.74) is 8.38. The molecule has 3 atom stereocenters. The van der Waals surface area contributed by atoms with Crippen LogP contribution in [0.1, 0.15) is 60.9 Å². The van der Waals surface area contributed by atoms with Gasteiger partial charge in [0.2, 0.25) is 0 Å². The number of halogens is 2. The van der Waals surface area contributed by atoms with Crippen molar-refractivity contribution in [3.63, 3.8) is 0 Å². The van der Waals surface area contributed by atoms with E-state index in [4.69, 9.17) is 10.5 Å². The average Bonchev–Trinajstić information content (AvgIpc) is 3.33. The minimum atomic E-state index is -0.661. The van der Waals surface area contributed by atoms with Crippen LogP contribution in [0, 0.1) is 11.6 Å². The molecule has 0 saturated carbocycles. The van der Waals surface area contributed by atoms with Crippen LogP contribution in [0.2, 0.25) is 0 Å². The minimum Gasteiger partial charge on any atom is -0.370 e. The summed E-state index contributed by atoms with van der Waals surface area (Å²) in [6, 6.07) is 3.60. The van der Waals surface area contributed by atoms with Crippen LogP contribution in [0.15, 0.2) is 18.2 Å². The number of nitrogens with two attached hydrogens (primary N) is 1. The lowest BCUT2D eigenvalue weighted by Crippen LogP contribution is -2.47.